The number of hydrogen-bond acceptors (Lipinski definition) is 4. The molecule has 92 valence electrons. The first-order chi connectivity index (χ1) is 7.83. The van der Waals surface area contributed by atoms with Crippen LogP contribution in [0.25, 0.3) is 0 Å². The molecule has 0 spiro atoms. The van der Waals surface area contributed by atoms with E-state index in [2.05, 4.69) is 11.8 Å². The summed E-state index contributed by atoms with van der Waals surface area (Å²) in [5, 5.41) is 0. The lowest BCUT2D eigenvalue weighted by Gasteiger charge is -2.28. The van der Waals surface area contributed by atoms with Crippen LogP contribution in [0.5, 0.6) is 0 Å². The van der Waals surface area contributed by atoms with E-state index in [0.717, 1.165) is 32.1 Å². The van der Waals surface area contributed by atoms with Gasteiger partial charge in [-0.3, -0.25) is 4.90 Å². The highest BCUT2D eigenvalue weighted by atomic mass is 16.5. The third kappa shape index (κ3) is 3.63. The smallest absolute Gasteiger partial charge is 0.122 e. The second kappa shape index (κ2) is 7.44. The van der Waals surface area contributed by atoms with Crippen LogP contribution in [0.15, 0.2) is 22.8 Å². The molecule has 1 rings (SSSR count). The van der Waals surface area contributed by atoms with E-state index >= 15 is 0 Å². The van der Waals surface area contributed by atoms with Crippen molar-refractivity contribution in [3.05, 3.63) is 24.2 Å². The van der Waals surface area contributed by atoms with Crippen molar-refractivity contribution in [1.82, 2.24) is 4.90 Å². The summed E-state index contributed by atoms with van der Waals surface area (Å²) < 4.78 is 10.8. The van der Waals surface area contributed by atoms with Gasteiger partial charge in [-0.2, -0.15) is 0 Å². The summed E-state index contributed by atoms with van der Waals surface area (Å²) in [5.74, 6) is 0.931. The monoisotopic (exact) mass is 226 g/mol. The van der Waals surface area contributed by atoms with Crippen molar-refractivity contribution in [3.8, 4) is 0 Å². The van der Waals surface area contributed by atoms with Gasteiger partial charge < -0.3 is 14.9 Å². The van der Waals surface area contributed by atoms with Gasteiger partial charge in [0.25, 0.3) is 0 Å². The molecule has 0 radical (unpaired) electrons. The summed E-state index contributed by atoms with van der Waals surface area (Å²) in [7, 11) is 0. The molecule has 16 heavy (non-hydrogen) atoms. The number of nitrogens with zero attached hydrogens (tertiary/aromatic N) is 1. The predicted octanol–water partition coefficient (Wildman–Crippen LogP) is 1.64. The first-order valence-corrected chi connectivity index (χ1v) is 5.88. The Balaban J connectivity index is 2.54. The van der Waals surface area contributed by atoms with Crippen molar-refractivity contribution < 1.29 is 9.15 Å². The summed E-state index contributed by atoms with van der Waals surface area (Å²) >= 11 is 0. The maximum atomic E-state index is 5.80. The molecule has 4 nitrogen and oxygen atoms in total. The normalized spacial score (nSPS) is 13.2. The molecule has 0 bridgehead atoms. The Morgan fingerprint density at radius 2 is 2.31 bits per heavy atom. The maximum absolute atomic E-state index is 5.80. The van der Waals surface area contributed by atoms with Gasteiger partial charge >= 0.3 is 0 Å². The number of rotatable bonds is 8. The number of nitrogens with two attached hydrogens (primary N) is 1. The van der Waals surface area contributed by atoms with Crippen LogP contribution < -0.4 is 5.73 Å². The van der Waals surface area contributed by atoms with Crippen LogP contribution in [-0.4, -0.2) is 37.7 Å². The zero-order chi connectivity index (χ0) is 11.8. The molecule has 0 amide bonds. The van der Waals surface area contributed by atoms with E-state index in [4.69, 9.17) is 14.9 Å². The Morgan fingerprint density at radius 3 is 2.81 bits per heavy atom. The predicted molar refractivity (Wildman–Crippen MR) is 64.2 cm³/mol. The third-order valence-electron chi connectivity index (χ3n) is 2.67. The Labute approximate surface area is 97.4 Å². The number of hydrogen-bond donors (Lipinski definition) is 1. The zero-order valence-corrected chi connectivity index (χ0v) is 10.2. The fourth-order valence-electron chi connectivity index (χ4n) is 1.79. The van der Waals surface area contributed by atoms with Crippen LogP contribution in [0.3, 0.4) is 0 Å². The third-order valence-corrected chi connectivity index (χ3v) is 2.67. The van der Waals surface area contributed by atoms with Gasteiger partial charge in [0.15, 0.2) is 0 Å². The largest absolute Gasteiger partial charge is 0.468 e. The van der Waals surface area contributed by atoms with Crippen LogP contribution in [0, 0.1) is 0 Å². The minimum atomic E-state index is 0.153. The number of furan rings is 1. The quantitative estimate of drug-likeness (QED) is 0.685. The first-order valence-electron chi connectivity index (χ1n) is 5.88. The lowest BCUT2D eigenvalue weighted by molar-refractivity contribution is 0.0927. The van der Waals surface area contributed by atoms with Gasteiger partial charge in [0, 0.05) is 19.7 Å². The SMILES string of the molecule is CCOCCN(CC)C(CN)c1ccco1. The lowest BCUT2D eigenvalue weighted by atomic mass is 10.2. The summed E-state index contributed by atoms with van der Waals surface area (Å²) in [6.45, 7) is 8.00. The summed E-state index contributed by atoms with van der Waals surface area (Å²) in [6, 6.07) is 4.02. The molecule has 1 unspecified atom stereocenters. The molecular weight excluding hydrogens is 204 g/mol. The highest BCUT2D eigenvalue weighted by Gasteiger charge is 2.19. The minimum Gasteiger partial charge on any atom is -0.468 e. The standard InChI is InChI=1S/C12H22N2O2/c1-3-14(7-9-15-4-2)11(10-13)12-6-5-8-16-12/h5-6,8,11H,3-4,7,9-10,13H2,1-2H3. The molecule has 0 aliphatic rings. The van der Waals surface area contributed by atoms with Gasteiger partial charge in [0.2, 0.25) is 0 Å². The molecule has 1 heterocycles. The fraction of sp³-hybridized carbons (Fsp3) is 0.667. The maximum Gasteiger partial charge on any atom is 0.122 e. The highest BCUT2D eigenvalue weighted by molar-refractivity contribution is 5.05. The van der Waals surface area contributed by atoms with Crippen molar-refractivity contribution in [3.63, 3.8) is 0 Å². The Bertz CT molecular complexity index is 262. The molecule has 0 saturated carbocycles. The average Bonchev–Trinajstić information content (AvgIpc) is 2.82. The zero-order valence-electron chi connectivity index (χ0n) is 10.2. The van der Waals surface area contributed by atoms with Gasteiger partial charge in [-0.25, -0.2) is 0 Å². The van der Waals surface area contributed by atoms with Crippen LogP contribution in [0.2, 0.25) is 0 Å². The molecular formula is C12H22N2O2. The van der Waals surface area contributed by atoms with Gasteiger partial charge in [-0.05, 0) is 25.6 Å². The number of ether oxygens (including phenoxy) is 1. The van der Waals surface area contributed by atoms with E-state index in [1.165, 1.54) is 0 Å². The van der Waals surface area contributed by atoms with E-state index in [-0.39, 0.29) is 6.04 Å². The lowest BCUT2D eigenvalue weighted by Crippen LogP contribution is -2.35. The highest BCUT2D eigenvalue weighted by Crippen LogP contribution is 2.19. The molecule has 0 aliphatic heterocycles. The summed E-state index contributed by atoms with van der Waals surface area (Å²) in [6.07, 6.45) is 1.69. The second-order valence-electron chi connectivity index (χ2n) is 3.59. The molecule has 4 heteroatoms. The Hall–Kier alpha value is -0.840. The molecule has 0 aliphatic carbocycles. The second-order valence-corrected chi connectivity index (χ2v) is 3.59. The van der Waals surface area contributed by atoms with Crippen molar-refractivity contribution >= 4 is 0 Å². The fourth-order valence-corrected chi connectivity index (χ4v) is 1.79. The van der Waals surface area contributed by atoms with Crippen molar-refractivity contribution in [1.29, 1.82) is 0 Å². The van der Waals surface area contributed by atoms with E-state index in [1.54, 1.807) is 6.26 Å². The minimum absolute atomic E-state index is 0.153. The van der Waals surface area contributed by atoms with Crippen LogP contribution in [0.4, 0.5) is 0 Å². The van der Waals surface area contributed by atoms with Gasteiger partial charge in [0.05, 0.1) is 18.9 Å². The molecule has 1 aromatic rings. The van der Waals surface area contributed by atoms with Gasteiger partial charge in [0.1, 0.15) is 5.76 Å². The summed E-state index contributed by atoms with van der Waals surface area (Å²) in [4.78, 5) is 2.27. The van der Waals surface area contributed by atoms with Gasteiger partial charge in [-0.1, -0.05) is 6.92 Å². The molecule has 1 atom stereocenters. The Morgan fingerprint density at radius 1 is 1.50 bits per heavy atom. The Kier molecular flexibility index (Phi) is 6.15. The first kappa shape index (κ1) is 13.2. The molecule has 0 aromatic carbocycles. The molecule has 2 N–H and O–H groups in total. The van der Waals surface area contributed by atoms with Crippen molar-refractivity contribution in [2.45, 2.75) is 19.9 Å². The van der Waals surface area contributed by atoms with E-state index in [9.17, 15) is 0 Å². The number of likely N-dealkylation sites (N-methyl/N-ethyl adjacent to an activating group) is 1. The van der Waals surface area contributed by atoms with Gasteiger partial charge in [-0.15, -0.1) is 0 Å². The van der Waals surface area contributed by atoms with E-state index in [1.807, 2.05) is 19.1 Å². The van der Waals surface area contributed by atoms with Crippen LogP contribution in [-0.2, 0) is 4.74 Å². The van der Waals surface area contributed by atoms with Crippen LogP contribution in [0.1, 0.15) is 25.6 Å². The molecule has 0 saturated heterocycles. The van der Waals surface area contributed by atoms with E-state index < -0.39 is 0 Å². The van der Waals surface area contributed by atoms with Crippen molar-refractivity contribution in [2.24, 2.45) is 5.73 Å². The van der Waals surface area contributed by atoms with E-state index in [0.29, 0.717) is 6.54 Å². The summed E-state index contributed by atoms with van der Waals surface area (Å²) in [5.41, 5.74) is 5.80. The van der Waals surface area contributed by atoms with Crippen LogP contribution >= 0.6 is 0 Å². The molecule has 0 fully saturated rings. The molecule has 1 aromatic heterocycles. The topological polar surface area (TPSA) is 51.6 Å². The van der Waals surface area contributed by atoms with Crippen molar-refractivity contribution in [2.75, 3.05) is 32.8 Å². The average molecular weight is 226 g/mol.